The summed E-state index contributed by atoms with van der Waals surface area (Å²) in [6.07, 6.45) is 1.30. The molecular weight excluding hydrogens is 381 g/mol. The summed E-state index contributed by atoms with van der Waals surface area (Å²) in [5.74, 6) is -0.0964. The van der Waals surface area contributed by atoms with E-state index >= 15 is 0 Å². The van der Waals surface area contributed by atoms with Crippen LogP contribution >= 0.6 is 22.6 Å². The van der Waals surface area contributed by atoms with Crippen LogP contribution in [0, 0.1) is 0 Å². The number of halogens is 1. The van der Waals surface area contributed by atoms with Crippen LogP contribution < -0.4 is 0 Å². The van der Waals surface area contributed by atoms with Gasteiger partial charge in [-0.1, -0.05) is 52.9 Å². The predicted octanol–water partition coefficient (Wildman–Crippen LogP) is 2.82. The van der Waals surface area contributed by atoms with E-state index in [9.17, 15) is 4.79 Å². The van der Waals surface area contributed by atoms with Gasteiger partial charge in [-0.15, -0.1) is 0 Å². The fourth-order valence-electron chi connectivity index (χ4n) is 2.26. The molecule has 116 valence electrons. The molecule has 21 heavy (non-hydrogen) atoms. The maximum atomic E-state index is 11.8. The smallest absolute Gasteiger partial charge is 0.305 e. The van der Waals surface area contributed by atoms with Crippen LogP contribution in [0.15, 0.2) is 30.3 Å². The Bertz CT molecular complexity index is 421. The largest absolute Gasteiger partial charge is 0.464 e. The van der Waals surface area contributed by atoms with Crippen molar-refractivity contribution in [2.24, 2.45) is 0 Å². The Morgan fingerprint density at radius 3 is 2.71 bits per heavy atom. The van der Waals surface area contributed by atoms with Gasteiger partial charge in [-0.05, 0) is 12.0 Å². The van der Waals surface area contributed by atoms with E-state index in [0.717, 1.165) is 39.3 Å². The van der Waals surface area contributed by atoms with Gasteiger partial charge in [-0.3, -0.25) is 9.69 Å². The molecule has 0 aromatic heterocycles. The van der Waals surface area contributed by atoms with Crippen molar-refractivity contribution < 1.29 is 14.3 Å². The molecule has 0 saturated carbocycles. The van der Waals surface area contributed by atoms with E-state index in [-0.39, 0.29) is 5.97 Å². The van der Waals surface area contributed by atoms with Crippen LogP contribution in [0.5, 0.6) is 0 Å². The van der Waals surface area contributed by atoms with Gasteiger partial charge in [0.1, 0.15) is 6.61 Å². The molecule has 1 heterocycles. The quantitative estimate of drug-likeness (QED) is 0.399. The minimum Gasteiger partial charge on any atom is -0.464 e. The number of nitrogens with zero attached hydrogens (tertiary/aromatic N) is 1. The maximum absolute atomic E-state index is 11.8. The second-order valence-corrected chi connectivity index (χ2v) is 6.59. The Hall–Kier alpha value is -0.660. The summed E-state index contributed by atoms with van der Waals surface area (Å²) in [5.41, 5.74) is 1.26. The molecule has 2 rings (SSSR count). The molecule has 5 heteroatoms. The van der Waals surface area contributed by atoms with Crippen molar-refractivity contribution >= 4 is 28.6 Å². The third-order valence-corrected chi connectivity index (χ3v) is 4.88. The summed E-state index contributed by atoms with van der Waals surface area (Å²) in [4.78, 5) is 14.0. The van der Waals surface area contributed by atoms with Gasteiger partial charge in [0.25, 0.3) is 0 Å². The summed E-state index contributed by atoms with van der Waals surface area (Å²) in [6, 6.07) is 10.3. The minimum atomic E-state index is -0.0964. The number of morpholine rings is 1. The molecule has 0 N–H and O–H groups in total. The first-order valence-corrected chi connectivity index (χ1v) is 8.65. The molecule has 0 amide bonds. The van der Waals surface area contributed by atoms with Crippen LogP contribution in [0.1, 0.15) is 22.3 Å². The summed E-state index contributed by atoms with van der Waals surface area (Å²) < 4.78 is 10.9. The van der Waals surface area contributed by atoms with Crippen molar-refractivity contribution in [3.8, 4) is 0 Å². The van der Waals surface area contributed by atoms with Crippen LogP contribution in [-0.2, 0) is 14.3 Å². The first-order chi connectivity index (χ1) is 10.3. The van der Waals surface area contributed by atoms with E-state index in [1.165, 1.54) is 5.56 Å². The average molecular weight is 403 g/mol. The second-order valence-electron chi connectivity index (χ2n) is 5.09. The van der Waals surface area contributed by atoms with Gasteiger partial charge in [0.15, 0.2) is 0 Å². The first-order valence-electron chi connectivity index (χ1n) is 7.40. The number of ether oxygens (including phenoxy) is 2. The van der Waals surface area contributed by atoms with Gasteiger partial charge in [0.05, 0.1) is 13.2 Å². The van der Waals surface area contributed by atoms with Crippen LogP contribution in [0.4, 0.5) is 0 Å². The van der Waals surface area contributed by atoms with Gasteiger partial charge in [0.2, 0.25) is 0 Å². The van der Waals surface area contributed by atoms with E-state index in [1.807, 2.05) is 18.2 Å². The van der Waals surface area contributed by atoms with E-state index < -0.39 is 0 Å². The van der Waals surface area contributed by atoms with Gasteiger partial charge in [-0.2, -0.15) is 0 Å². The lowest BCUT2D eigenvalue weighted by molar-refractivity contribution is -0.144. The van der Waals surface area contributed by atoms with Crippen LogP contribution in [-0.4, -0.2) is 50.3 Å². The summed E-state index contributed by atoms with van der Waals surface area (Å²) >= 11 is 2.38. The molecule has 0 spiro atoms. The lowest BCUT2D eigenvalue weighted by Crippen LogP contribution is -2.38. The second kappa shape index (κ2) is 9.38. The molecular formula is C16H22INO3. The number of carbonyl (C=O) groups is 1. The highest BCUT2D eigenvalue weighted by Crippen LogP contribution is 2.28. The number of esters is 1. The zero-order chi connectivity index (χ0) is 14.9. The molecule has 1 aliphatic rings. The lowest BCUT2D eigenvalue weighted by atomic mass is 10.1. The summed E-state index contributed by atoms with van der Waals surface area (Å²) in [5, 5.41) is 0. The number of carbonyl (C=O) groups excluding carboxylic acids is 1. The standard InChI is InChI=1S/C16H22INO3/c17-15(14-4-2-1-3-5-14)6-7-16(19)21-13-10-18-8-11-20-12-9-18/h1-5,15H,6-13H2. The SMILES string of the molecule is O=C(CCC(I)c1ccccc1)OCCN1CCOCC1. The van der Waals surface area contributed by atoms with Crippen LogP contribution in [0.2, 0.25) is 0 Å². The Kier molecular flexibility index (Phi) is 7.46. The molecule has 1 aromatic carbocycles. The highest BCUT2D eigenvalue weighted by Gasteiger charge is 2.13. The zero-order valence-electron chi connectivity index (χ0n) is 12.2. The van der Waals surface area contributed by atoms with Crippen molar-refractivity contribution in [1.82, 2.24) is 4.90 Å². The fourth-order valence-corrected chi connectivity index (χ4v) is 2.99. The molecule has 1 aromatic rings. The van der Waals surface area contributed by atoms with Crippen LogP contribution in [0.3, 0.4) is 0 Å². The third-order valence-electron chi connectivity index (χ3n) is 3.54. The summed E-state index contributed by atoms with van der Waals surface area (Å²) in [6.45, 7) is 4.71. The third kappa shape index (κ3) is 6.32. The molecule has 1 saturated heterocycles. The Morgan fingerprint density at radius 2 is 2.00 bits per heavy atom. The molecule has 1 atom stereocenters. The number of hydrogen-bond acceptors (Lipinski definition) is 4. The molecule has 1 aliphatic heterocycles. The zero-order valence-corrected chi connectivity index (χ0v) is 14.3. The fraction of sp³-hybridized carbons (Fsp3) is 0.562. The van der Waals surface area contributed by atoms with Gasteiger partial charge < -0.3 is 9.47 Å². The molecule has 0 bridgehead atoms. The van der Waals surface area contributed by atoms with Crippen molar-refractivity contribution in [2.75, 3.05) is 39.5 Å². The number of alkyl halides is 1. The van der Waals surface area contributed by atoms with Crippen molar-refractivity contribution in [1.29, 1.82) is 0 Å². The number of rotatable bonds is 7. The van der Waals surface area contributed by atoms with E-state index in [4.69, 9.17) is 9.47 Å². The molecule has 1 fully saturated rings. The van der Waals surface area contributed by atoms with Crippen molar-refractivity contribution in [2.45, 2.75) is 16.8 Å². The highest BCUT2D eigenvalue weighted by molar-refractivity contribution is 14.1. The topological polar surface area (TPSA) is 38.8 Å². The lowest BCUT2D eigenvalue weighted by Gasteiger charge is -2.26. The Labute approximate surface area is 139 Å². The first kappa shape index (κ1) is 16.7. The normalized spacial score (nSPS) is 17.4. The number of benzene rings is 1. The van der Waals surface area contributed by atoms with Gasteiger partial charge in [0, 0.05) is 30.0 Å². The molecule has 0 radical (unpaired) electrons. The van der Waals surface area contributed by atoms with E-state index in [1.54, 1.807) is 0 Å². The highest BCUT2D eigenvalue weighted by atomic mass is 127. The van der Waals surface area contributed by atoms with Gasteiger partial charge >= 0.3 is 5.97 Å². The van der Waals surface area contributed by atoms with E-state index in [2.05, 4.69) is 39.6 Å². The Morgan fingerprint density at radius 1 is 1.29 bits per heavy atom. The summed E-state index contributed by atoms with van der Waals surface area (Å²) in [7, 11) is 0. The Balaban J connectivity index is 1.59. The van der Waals surface area contributed by atoms with Crippen molar-refractivity contribution in [3.05, 3.63) is 35.9 Å². The van der Waals surface area contributed by atoms with E-state index in [0.29, 0.717) is 17.0 Å². The van der Waals surface area contributed by atoms with Crippen molar-refractivity contribution in [3.63, 3.8) is 0 Å². The molecule has 0 aliphatic carbocycles. The maximum Gasteiger partial charge on any atom is 0.305 e. The van der Waals surface area contributed by atoms with Gasteiger partial charge in [-0.25, -0.2) is 0 Å². The predicted molar refractivity (Wildman–Crippen MR) is 90.7 cm³/mol. The average Bonchev–Trinajstić information content (AvgIpc) is 2.54. The molecule has 4 nitrogen and oxygen atoms in total. The van der Waals surface area contributed by atoms with Crippen LogP contribution in [0.25, 0.3) is 0 Å². The minimum absolute atomic E-state index is 0.0964. The monoisotopic (exact) mass is 403 g/mol. The number of hydrogen-bond donors (Lipinski definition) is 0. The molecule has 1 unspecified atom stereocenters.